The van der Waals surface area contributed by atoms with E-state index in [9.17, 15) is 15.0 Å². The van der Waals surface area contributed by atoms with Gasteiger partial charge in [0.1, 0.15) is 4.99 Å². The Bertz CT molecular complexity index is 729. The number of aromatic hydroxyl groups is 2. The summed E-state index contributed by atoms with van der Waals surface area (Å²) < 4.78 is 0. The largest absolute Gasteiger partial charge is 0.504 e. The Hall–Kier alpha value is -2.60. The Morgan fingerprint density at radius 2 is 1.86 bits per heavy atom. The molecule has 2 aromatic carbocycles. The molecule has 0 unspecified atom stereocenters. The minimum Gasteiger partial charge on any atom is -0.504 e. The van der Waals surface area contributed by atoms with Gasteiger partial charge in [-0.05, 0) is 30.7 Å². The maximum absolute atomic E-state index is 12.2. The molecular formula is C15H14N2O3S. The maximum Gasteiger partial charge on any atom is 0.259 e. The second kappa shape index (κ2) is 5.80. The van der Waals surface area contributed by atoms with Crippen molar-refractivity contribution in [2.24, 2.45) is 5.73 Å². The van der Waals surface area contributed by atoms with Gasteiger partial charge in [0.15, 0.2) is 11.5 Å². The van der Waals surface area contributed by atoms with E-state index in [-0.39, 0.29) is 16.3 Å². The highest BCUT2D eigenvalue weighted by Gasteiger charge is 2.16. The topological polar surface area (TPSA) is 95.6 Å². The first-order valence-corrected chi connectivity index (χ1v) is 6.54. The molecule has 6 heteroatoms. The third kappa shape index (κ3) is 2.95. The van der Waals surface area contributed by atoms with Crippen molar-refractivity contribution in [3.05, 3.63) is 53.1 Å². The van der Waals surface area contributed by atoms with E-state index in [0.29, 0.717) is 11.3 Å². The maximum atomic E-state index is 12.2. The van der Waals surface area contributed by atoms with Gasteiger partial charge >= 0.3 is 0 Å². The van der Waals surface area contributed by atoms with Gasteiger partial charge in [-0.1, -0.05) is 30.4 Å². The Balaban J connectivity index is 2.39. The number of phenolic OH excluding ortho intramolecular Hbond substituents is 2. The van der Waals surface area contributed by atoms with Gasteiger partial charge in [0.2, 0.25) is 0 Å². The average Bonchev–Trinajstić information content (AvgIpc) is 2.41. The Morgan fingerprint density at radius 3 is 2.52 bits per heavy atom. The zero-order valence-corrected chi connectivity index (χ0v) is 12.1. The highest BCUT2D eigenvalue weighted by molar-refractivity contribution is 7.80. The van der Waals surface area contributed by atoms with Crippen LogP contribution in [0.4, 0.5) is 5.69 Å². The summed E-state index contributed by atoms with van der Waals surface area (Å²) in [6.07, 6.45) is 0. The van der Waals surface area contributed by atoms with Crippen molar-refractivity contribution >= 4 is 28.8 Å². The van der Waals surface area contributed by atoms with E-state index in [0.717, 1.165) is 5.56 Å². The highest BCUT2D eigenvalue weighted by Crippen LogP contribution is 2.29. The van der Waals surface area contributed by atoms with Crippen LogP contribution in [0.15, 0.2) is 36.4 Å². The number of hydrogen-bond donors (Lipinski definition) is 4. The number of thiocarbonyl (C=S) groups is 1. The zero-order chi connectivity index (χ0) is 15.6. The van der Waals surface area contributed by atoms with E-state index < -0.39 is 11.7 Å². The molecule has 2 rings (SSSR count). The molecule has 0 aliphatic heterocycles. The number of phenols is 2. The third-order valence-electron chi connectivity index (χ3n) is 3.03. The number of rotatable bonds is 3. The molecule has 0 aromatic heterocycles. The van der Waals surface area contributed by atoms with E-state index in [1.165, 1.54) is 18.2 Å². The number of anilines is 1. The third-order valence-corrected chi connectivity index (χ3v) is 3.23. The summed E-state index contributed by atoms with van der Waals surface area (Å²) in [6, 6.07) is 9.42. The monoisotopic (exact) mass is 302 g/mol. The summed E-state index contributed by atoms with van der Waals surface area (Å²) >= 11 is 4.99. The standard InChI is InChI=1S/C15H14N2O3S/c1-8-4-2-6-10(12(8)14(16)21)17-15(20)9-5-3-7-11(18)13(9)19/h2-7,18-19H,1H3,(H2,16,21)(H,17,20). The smallest absolute Gasteiger partial charge is 0.259 e. The number of para-hydroxylation sites is 1. The Labute approximate surface area is 127 Å². The number of amides is 1. The Kier molecular flexibility index (Phi) is 4.09. The molecule has 2 aromatic rings. The summed E-state index contributed by atoms with van der Waals surface area (Å²) in [7, 11) is 0. The lowest BCUT2D eigenvalue weighted by Crippen LogP contribution is -2.18. The number of hydrogen-bond acceptors (Lipinski definition) is 4. The molecule has 108 valence electrons. The first-order valence-electron chi connectivity index (χ1n) is 6.13. The number of carbonyl (C=O) groups excluding carboxylic acids is 1. The van der Waals surface area contributed by atoms with Gasteiger partial charge in [-0.25, -0.2) is 0 Å². The van der Waals surface area contributed by atoms with Crippen LogP contribution >= 0.6 is 12.2 Å². The predicted molar refractivity (Wildman–Crippen MR) is 84.8 cm³/mol. The predicted octanol–water partition coefficient (Wildman–Crippen LogP) is 2.29. The molecule has 0 radical (unpaired) electrons. The lowest BCUT2D eigenvalue weighted by atomic mass is 10.1. The summed E-state index contributed by atoms with van der Waals surface area (Å²) in [6.45, 7) is 1.83. The summed E-state index contributed by atoms with van der Waals surface area (Å²) in [5, 5.41) is 21.8. The summed E-state index contributed by atoms with van der Waals surface area (Å²) in [5.74, 6) is -1.40. The SMILES string of the molecule is Cc1cccc(NC(=O)c2cccc(O)c2O)c1C(N)=S. The quantitative estimate of drug-likeness (QED) is 0.515. The van der Waals surface area contributed by atoms with Crippen LogP contribution in [0.1, 0.15) is 21.5 Å². The fourth-order valence-corrected chi connectivity index (χ4v) is 2.27. The lowest BCUT2D eigenvalue weighted by Gasteiger charge is -2.13. The molecule has 0 heterocycles. The second-order valence-electron chi connectivity index (χ2n) is 4.49. The lowest BCUT2D eigenvalue weighted by molar-refractivity contribution is 0.102. The van der Waals surface area contributed by atoms with Crippen molar-refractivity contribution in [1.29, 1.82) is 0 Å². The van der Waals surface area contributed by atoms with E-state index in [1.54, 1.807) is 12.1 Å². The molecule has 0 aliphatic rings. The molecule has 0 saturated heterocycles. The van der Waals surface area contributed by atoms with Crippen molar-refractivity contribution in [3.63, 3.8) is 0 Å². The van der Waals surface area contributed by atoms with Crippen LogP contribution in [-0.2, 0) is 0 Å². The first kappa shape index (κ1) is 14.8. The van der Waals surface area contributed by atoms with Crippen LogP contribution < -0.4 is 11.1 Å². The van der Waals surface area contributed by atoms with Crippen molar-refractivity contribution in [1.82, 2.24) is 0 Å². The molecule has 0 bridgehead atoms. The van der Waals surface area contributed by atoms with Crippen molar-refractivity contribution in [2.75, 3.05) is 5.32 Å². The summed E-state index contributed by atoms with van der Waals surface area (Å²) in [4.78, 5) is 12.4. The van der Waals surface area contributed by atoms with Crippen molar-refractivity contribution in [2.45, 2.75) is 6.92 Å². The average molecular weight is 302 g/mol. The van der Waals surface area contributed by atoms with Crippen molar-refractivity contribution < 1.29 is 15.0 Å². The van der Waals surface area contributed by atoms with Crippen LogP contribution in [0.3, 0.4) is 0 Å². The minimum absolute atomic E-state index is 0.0367. The number of carbonyl (C=O) groups is 1. The fourth-order valence-electron chi connectivity index (χ4n) is 2.00. The van der Waals surface area contributed by atoms with Crippen LogP contribution in [0, 0.1) is 6.92 Å². The molecular weight excluding hydrogens is 288 g/mol. The van der Waals surface area contributed by atoms with Crippen molar-refractivity contribution in [3.8, 4) is 11.5 Å². The van der Waals surface area contributed by atoms with Gasteiger partial charge in [-0.15, -0.1) is 0 Å². The molecule has 0 aliphatic carbocycles. The number of benzene rings is 2. The van der Waals surface area contributed by atoms with Crippen LogP contribution in [0.25, 0.3) is 0 Å². The molecule has 0 spiro atoms. The van der Waals surface area contributed by atoms with E-state index in [4.69, 9.17) is 18.0 Å². The fraction of sp³-hybridized carbons (Fsp3) is 0.0667. The van der Waals surface area contributed by atoms with Crippen LogP contribution in [0.5, 0.6) is 11.5 Å². The van der Waals surface area contributed by atoms with Crippen LogP contribution in [0.2, 0.25) is 0 Å². The van der Waals surface area contributed by atoms with Crippen LogP contribution in [-0.4, -0.2) is 21.1 Å². The minimum atomic E-state index is -0.563. The van der Waals surface area contributed by atoms with E-state index in [1.807, 2.05) is 13.0 Å². The van der Waals surface area contributed by atoms with Gasteiger partial charge < -0.3 is 21.3 Å². The number of nitrogens with two attached hydrogens (primary N) is 1. The van der Waals surface area contributed by atoms with Gasteiger partial charge in [-0.2, -0.15) is 0 Å². The van der Waals surface area contributed by atoms with Gasteiger partial charge in [0.05, 0.1) is 11.3 Å². The molecule has 0 atom stereocenters. The number of aryl methyl sites for hydroxylation is 1. The van der Waals surface area contributed by atoms with E-state index >= 15 is 0 Å². The molecule has 1 amide bonds. The summed E-state index contributed by atoms with van der Waals surface area (Å²) in [5.41, 5.74) is 7.50. The number of nitrogens with one attached hydrogen (secondary N) is 1. The molecule has 5 nitrogen and oxygen atoms in total. The molecule has 21 heavy (non-hydrogen) atoms. The molecule has 0 fully saturated rings. The van der Waals surface area contributed by atoms with E-state index in [2.05, 4.69) is 5.32 Å². The van der Waals surface area contributed by atoms with Gasteiger partial charge in [-0.3, -0.25) is 4.79 Å². The van der Waals surface area contributed by atoms with Gasteiger partial charge in [0.25, 0.3) is 5.91 Å². The highest BCUT2D eigenvalue weighted by atomic mass is 32.1. The molecule has 0 saturated carbocycles. The zero-order valence-electron chi connectivity index (χ0n) is 11.3. The Morgan fingerprint density at radius 1 is 1.19 bits per heavy atom. The normalized spacial score (nSPS) is 10.1. The molecule has 5 N–H and O–H groups in total. The van der Waals surface area contributed by atoms with Gasteiger partial charge in [0, 0.05) is 5.56 Å². The second-order valence-corrected chi connectivity index (χ2v) is 4.93. The first-order chi connectivity index (χ1) is 9.91.